The number of nitrogens with one attached hydrogen (secondary N) is 1. The number of thiophene rings is 1. The van der Waals surface area contributed by atoms with Crippen molar-refractivity contribution < 1.29 is 13.2 Å². The highest BCUT2D eigenvalue weighted by Crippen LogP contribution is 2.27. The van der Waals surface area contributed by atoms with Crippen LogP contribution in [0.15, 0.2) is 16.3 Å². The van der Waals surface area contributed by atoms with Crippen LogP contribution in [0, 0.1) is 0 Å². The van der Waals surface area contributed by atoms with Gasteiger partial charge in [-0.05, 0) is 31.4 Å². The van der Waals surface area contributed by atoms with Crippen molar-refractivity contribution in [1.29, 1.82) is 0 Å². The Balaban J connectivity index is 1.91. The molecule has 1 aliphatic heterocycles. The van der Waals surface area contributed by atoms with Gasteiger partial charge in [0.1, 0.15) is 4.21 Å². The summed E-state index contributed by atoms with van der Waals surface area (Å²) in [5.41, 5.74) is 5.30. The lowest BCUT2D eigenvalue weighted by atomic mass is 10.2. The minimum Gasteiger partial charge on any atom is -0.356 e. The van der Waals surface area contributed by atoms with E-state index in [1.807, 2.05) is 6.07 Å². The van der Waals surface area contributed by atoms with Crippen LogP contribution in [-0.4, -0.2) is 44.8 Å². The number of rotatable bonds is 7. The Hall–Kier alpha value is -0.960. The van der Waals surface area contributed by atoms with E-state index in [2.05, 4.69) is 5.32 Å². The molecule has 0 spiro atoms. The van der Waals surface area contributed by atoms with E-state index < -0.39 is 10.0 Å². The molecule has 22 heavy (non-hydrogen) atoms. The van der Waals surface area contributed by atoms with Gasteiger partial charge in [-0.1, -0.05) is 6.42 Å². The van der Waals surface area contributed by atoms with Crippen LogP contribution in [0.3, 0.4) is 0 Å². The Bertz CT molecular complexity index is 592. The molecule has 1 aromatic rings. The van der Waals surface area contributed by atoms with Gasteiger partial charge in [-0.25, -0.2) is 8.42 Å². The summed E-state index contributed by atoms with van der Waals surface area (Å²) >= 11 is 1.29. The molecule has 1 saturated heterocycles. The topological polar surface area (TPSA) is 92.5 Å². The third-order valence-corrected chi connectivity index (χ3v) is 7.12. The van der Waals surface area contributed by atoms with Crippen LogP contribution in [0.25, 0.3) is 0 Å². The van der Waals surface area contributed by atoms with Gasteiger partial charge < -0.3 is 11.1 Å². The van der Waals surface area contributed by atoms with Crippen molar-refractivity contribution in [2.45, 2.75) is 36.3 Å². The zero-order valence-electron chi connectivity index (χ0n) is 12.6. The van der Waals surface area contributed by atoms with Crippen LogP contribution in [-0.2, 0) is 21.2 Å². The Morgan fingerprint density at radius 2 is 2.00 bits per heavy atom. The lowest BCUT2D eigenvalue weighted by Gasteiger charge is -2.25. The van der Waals surface area contributed by atoms with E-state index >= 15 is 0 Å². The second-order valence-corrected chi connectivity index (χ2v) is 8.66. The predicted molar refractivity (Wildman–Crippen MR) is 87.3 cm³/mol. The van der Waals surface area contributed by atoms with Crippen LogP contribution in [0.1, 0.15) is 30.6 Å². The van der Waals surface area contributed by atoms with E-state index in [1.54, 1.807) is 10.4 Å². The number of hydrogen-bond donors (Lipinski definition) is 2. The third-order valence-electron chi connectivity index (χ3n) is 3.61. The van der Waals surface area contributed by atoms with Crippen molar-refractivity contribution in [3.05, 3.63) is 17.0 Å². The number of amides is 1. The van der Waals surface area contributed by atoms with Gasteiger partial charge in [-0.3, -0.25) is 4.79 Å². The first-order chi connectivity index (χ1) is 10.5. The monoisotopic (exact) mass is 345 g/mol. The van der Waals surface area contributed by atoms with Gasteiger partial charge in [0.25, 0.3) is 10.0 Å². The van der Waals surface area contributed by atoms with E-state index in [0.29, 0.717) is 43.2 Å². The standard InChI is InChI=1S/C14H23N3O3S2/c15-8-6-13(18)16-9-7-12-4-5-14(21-12)22(19,20)17-10-2-1-3-11-17/h4-5H,1-3,6-11,15H2,(H,16,18). The molecule has 1 fully saturated rings. The van der Waals surface area contributed by atoms with Crippen LogP contribution >= 0.6 is 11.3 Å². The van der Waals surface area contributed by atoms with Gasteiger partial charge in [0.05, 0.1) is 0 Å². The zero-order valence-corrected chi connectivity index (χ0v) is 14.2. The van der Waals surface area contributed by atoms with Crippen molar-refractivity contribution in [2.24, 2.45) is 5.73 Å². The largest absolute Gasteiger partial charge is 0.356 e. The number of hydrogen-bond acceptors (Lipinski definition) is 5. The molecule has 124 valence electrons. The zero-order chi connectivity index (χ0) is 16.0. The van der Waals surface area contributed by atoms with Gasteiger partial charge in [-0.2, -0.15) is 4.31 Å². The van der Waals surface area contributed by atoms with Crippen LogP contribution in [0.4, 0.5) is 0 Å². The molecule has 0 saturated carbocycles. The van der Waals surface area contributed by atoms with Crippen molar-refractivity contribution in [3.63, 3.8) is 0 Å². The summed E-state index contributed by atoms with van der Waals surface area (Å²) in [6, 6.07) is 3.50. The highest BCUT2D eigenvalue weighted by Gasteiger charge is 2.27. The normalized spacial score (nSPS) is 16.6. The molecule has 0 bridgehead atoms. The maximum Gasteiger partial charge on any atom is 0.252 e. The average molecular weight is 345 g/mol. The summed E-state index contributed by atoms with van der Waals surface area (Å²) in [5.74, 6) is -0.0692. The number of nitrogens with two attached hydrogens (primary N) is 1. The lowest BCUT2D eigenvalue weighted by Crippen LogP contribution is -2.35. The third kappa shape index (κ3) is 4.52. The minimum absolute atomic E-state index is 0.0692. The summed E-state index contributed by atoms with van der Waals surface area (Å²) < 4.78 is 27.0. The van der Waals surface area contributed by atoms with Gasteiger partial charge in [-0.15, -0.1) is 11.3 Å². The fourth-order valence-electron chi connectivity index (χ4n) is 2.41. The second-order valence-electron chi connectivity index (χ2n) is 5.32. The molecule has 0 aromatic carbocycles. The molecule has 0 unspecified atom stereocenters. The molecule has 1 aromatic heterocycles. The summed E-state index contributed by atoms with van der Waals surface area (Å²) in [6.07, 6.45) is 3.93. The molecule has 1 amide bonds. The average Bonchev–Trinajstić information content (AvgIpc) is 2.98. The fourth-order valence-corrected chi connectivity index (χ4v) is 5.44. The van der Waals surface area contributed by atoms with Crippen molar-refractivity contribution in [2.75, 3.05) is 26.2 Å². The summed E-state index contributed by atoms with van der Waals surface area (Å²) in [7, 11) is -3.34. The molecule has 0 atom stereocenters. The molecule has 1 aliphatic rings. The van der Waals surface area contributed by atoms with E-state index in [1.165, 1.54) is 11.3 Å². The first kappa shape index (κ1) is 17.4. The second kappa shape index (κ2) is 8.05. The van der Waals surface area contributed by atoms with Crippen molar-refractivity contribution in [1.82, 2.24) is 9.62 Å². The van der Waals surface area contributed by atoms with Gasteiger partial charge in [0, 0.05) is 37.5 Å². The summed E-state index contributed by atoms with van der Waals surface area (Å²) in [4.78, 5) is 12.3. The number of nitrogens with zero attached hydrogens (tertiary/aromatic N) is 1. The van der Waals surface area contributed by atoms with E-state index in [0.717, 1.165) is 24.1 Å². The van der Waals surface area contributed by atoms with Gasteiger partial charge >= 0.3 is 0 Å². The quantitative estimate of drug-likeness (QED) is 0.769. The smallest absolute Gasteiger partial charge is 0.252 e. The van der Waals surface area contributed by atoms with Gasteiger partial charge in [0.15, 0.2) is 0 Å². The lowest BCUT2D eigenvalue weighted by molar-refractivity contribution is -0.120. The summed E-state index contributed by atoms with van der Waals surface area (Å²) in [6.45, 7) is 2.07. The number of carbonyl (C=O) groups is 1. The molecular formula is C14H23N3O3S2. The maximum atomic E-state index is 12.5. The minimum atomic E-state index is -3.34. The van der Waals surface area contributed by atoms with E-state index in [9.17, 15) is 13.2 Å². The number of carbonyl (C=O) groups excluding carboxylic acids is 1. The highest BCUT2D eigenvalue weighted by molar-refractivity contribution is 7.91. The number of sulfonamides is 1. The van der Waals surface area contributed by atoms with Crippen LogP contribution in [0.5, 0.6) is 0 Å². The van der Waals surface area contributed by atoms with Crippen molar-refractivity contribution in [3.8, 4) is 0 Å². The molecule has 0 radical (unpaired) electrons. The first-order valence-corrected chi connectivity index (χ1v) is 9.85. The summed E-state index contributed by atoms with van der Waals surface area (Å²) in [5, 5.41) is 2.77. The van der Waals surface area contributed by atoms with Crippen LogP contribution < -0.4 is 11.1 Å². The molecule has 2 heterocycles. The Morgan fingerprint density at radius 3 is 2.68 bits per heavy atom. The highest BCUT2D eigenvalue weighted by atomic mass is 32.2. The molecule has 8 heteroatoms. The Labute approximate surface area is 135 Å². The molecule has 3 N–H and O–H groups in total. The molecule has 2 rings (SSSR count). The van der Waals surface area contributed by atoms with Gasteiger partial charge in [0.2, 0.25) is 5.91 Å². The van der Waals surface area contributed by atoms with E-state index in [-0.39, 0.29) is 5.91 Å². The first-order valence-electron chi connectivity index (χ1n) is 7.59. The molecule has 6 nitrogen and oxygen atoms in total. The number of piperidine rings is 1. The Morgan fingerprint density at radius 1 is 1.27 bits per heavy atom. The van der Waals surface area contributed by atoms with Crippen LogP contribution in [0.2, 0.25) is 0 Å². The Kier molecular flexibility index (Phi) is 6.37. The maximum absolute atomic E-state index is 12.5. The SMILES string of the molecule is NCCC(=O)NCCc1ccc(S(=O)(=O)N2CCCCC2)s1. The van der Waals surface area contributed by atoms with E-state index in [4.69, 9.17) is 5.73 Å². The molecule has 0 aliphatic carbocycles. The van der Waals surface area contributed by atoms with Crippen molar-refractivity contribution >= 4 is 27.3 Å². The predicted octanol–water partition coefficient (Wildman–Crippen LogP) is 0.930. The fraction of sp³-hybridized carbons (Fsp3) is 0.643. The molecular weight excluding hydrogens is 322 g/mol.